The van der Waals surface area contributed by atoms with Crippen LogP contribution < -0.4 is 0 Å². The normalized spacial score (nSPS) is 22.1. The predicted molar refractivity (Wildman–Crippen MR) is 123 cm³/mol. The number of halogens is 1. The molecule has 160 valence electrons. The summed E-state index contributed by atoms with van der Waals surface area (Å²) in [4.78, 5) is 9.14. The number of fused-ring (bicyclic) bond motifs is 1. The van der Waals surface area contributed by atoms with Gasteiger partial charge in [0.05, 0.1) is 5.39 Å². The third kappa shape index (κ3) is 5.34. The molecule has 0 saturated heterocycles. The Hall–Kier alpha value is -1.09. The molecule has 2 aromatic heterocycles. The van der Waals surface area contributed by atoms with Crippen molar-refractivity contribution in [1.29, 1.82) is 0 Å². The van der Waals surface area contributed by atoms with Gasteiger partial charge in [-0.2, -0.15) is 0 Å². The van der Waals surface area contributed by atoms with Gasteiger partial charge in [-0.1, -0.05) is 95.1 Å². The lowest BCUT2D eigenvalue weighted by molar-refractivity contribution is 0.387. The van der Waals surface area contributed by atoms with Crippen LogP contribution in [0.25, 0.3) is 11.0 Å². The quantitative estimate of drug-likeness (QED) is 0.461. The SMILES string of the molecule is Clc1ncnc2c1c(C1CCCCCCCC1)cn2C1CCCCCCCCC1. The van der Waals surface area contributed by atoms with Crippen molar-refractivity contribution >= 4 is 22.6 Å². The number of rotatable bonds is 2. The van der Waals surface area contributed by atoms with Gasteiger partial charge in [-0.05, 0) is 37.2 Å². The zero-order chi connectivity index (χ0) is 19.9. The van der Waals surface area contributed by atoms with E-state index >= 15 is 0 Å². The van der Waals surface area contributed by atoms with E-state index in [9.17, 15) is 0 Å². The first kappa shape index (κ1) is 21.2. The van der Waals surface area contributed by atoms with Gasteiger partial charge in [0.1, 0.15) is 17.1 Å². The monoisotopic (exact) mass is 415 g/mol. The van der Waals surface area contributed by atoms with Gasteiger partial charge in [0.2, 0.25) is 0 Å². The Kier molecular flexibility index (Phi) is 7.87. The highest BCUT2D eigenvalue weighted by atomic mass is 35.5. The summed E-state index contributed by atoms with van der Waals surface area (Å²) in [5.74, 6) is 0.611. The summed E-state index contributed by atoms with van der Waals surface area (Å²) >= 11 is 6.68. The molecule has 4 heteroatoms. The summed E-state index contributed by atoms with van der Waals surface area (Å²) in [7, 11) is 0. The second-order valence-corrected chi connectivity index (χ2v) is 9.81. The van der Waals surface area contributed by atoms with Gasteiger partial charge in [0.25, 0.3) is 0 Å². The molecule has 29 heavy (non-hydrogen) atoms. The van der Waals surface area contributed by atoms with Crippen LogP contribution in [0.15, 0.2) is 12.5 Å². The van der Waals surface area contributed by atoms with Crippen LogP contribution in [0.5, 0.6) is 0 Å². The Bertz CT molecular complexity index is 749. The summed E-state index contributed by atoms with van der Waals surface area (Å²) in [6, 6.07) is 0.562. The number of hydrogen-bond acceptors (Lipinski definition) is 2. The molecule has 0 amide bonds. The maximum atomic E-state index is 6.68. The minimum Gasteiger partial charge on any atom is -0.329 e. The fourth-order valence-electron chi connectivity index (χ4n) is 5.67. The zero-order valence-electron chi connectivity index (χ0n) is 18.0. The molecular formula is C25H38ClN3. The first-order valence-corrected chi connectivity index (χ1v) is 12.7. The maximum absolute atomic E-state index is 6.68. The standard InChI is InChI=1S/C25H38ClN3/c26-24-23-22(20-14-10-6-4-5-7-11-15-20)18-29(25(23)28-19-27-24)21-16-12-8-2-1-3-9-13-17-21/h18-21H,1-17H2. The lowest BCUT2D eigenvalue weighted by atomic mass is 9.90. The first-order valence-electron chi connectivity index (χ1n) is 12.4. The topological polar surface area (TPSA) is 30.7 Å². The Morgan fingerprint density at radius 1 is 0.690 bits per heavy atom. The van der Waals surface area contributed by atoms with E-state index in [-0.39, 0.29) is 0 Å². The number of aromatic nitrogens is 3. The van der Waals surface area contributed by atoms with Gasteiger partial charge in [-0.3, -0.25) is 0 Å². The van der Waals surface area contributed by atoms with Gasteiger partial charge >= 0.3 is 0 Å². The van der Waals surface area contributed by atoms with Crippen molar-refractivity contribution in [3.63, 3.8) is 0 Å². The van der Waals surface area contributed by atoms with E-state index in [1.807, 2.05) is 0 Å². The maximum Gasteiger partial charge on any atom is 0.145 e. The van der Waals surface area contributed by atoms with E-state index in [0.717, 1.165) is 11.0 Å². The molecule has 2 saturated carbocycles. The average molecular weight is 416 g/mol. The summed E-state index contributed by atoms with van der Waals surface area (Å²) in [5.41, 5.74) is 2.52. The van der Waals surface area contributed by atoms with E-state index in [1.54, 1.807) is 6.33 Å². The minimum atomic E-state index is 0.562. The average Bonchev–Trinajstić information content (AvgIpc) is 3.18. The Balaban J connectivity index is 1.67. The van der Waals surface area contributed by atoms with Crippen LogP contribution >= 0.6 is 11.6 Å². The van der Waals surface area contributed by atoms with E-state index in [2.05, 4.69) is 15.7 Å². The van der Waals surface area contributed by atoms with Crippen LogP contribution in [0.2, 0.25) is 5.15 Å². The van der Waals surface area contributed by atoms with Gasteiger partial charge in [-0.15, -0.1) is 0 Å². The van der Waals surface area contributed by atoms with Gasteiger partial charge in [-0.25, -0.2) is 9.97 Å². The van der Waals surface area contributed by atoms with Crippen LogP contribution in [0.1, 0.15) is 127 Å². The molecular weight excluding hydrogens is 378 g/mol. The number of hydrogen-bond donors (Lipinski definition) is 0. The Labute approximate surface area is 181 Å². The number of nitrogens with zero attached hydrogens (tertiary/aromatic N) is 3. The second-order valence-electron chi connectivity index (χ2n) is 9.46. The van der Waals surface area contributed by atoms with Crippen LogP contribution in [-0.4, -0.2) is 14.5 Å². The minimum absolute atomic E-state index is 0.562. The van der Waals surface area contributed by atoms with Crippen LogP contribution in [0, 0.1) is 0 Å². The van der Waals surface area contributed by atoms with Crippen molar-refractivity contribution in [2.45, 2.75) is 121 Å². The molecule has 2 heterocycles. The van der Waals surface area contributed by atoms with Crippen molar-refractivity contribution in [2.24, 2.45) is 0 Å². The van der Waals surface area contributed by atoms with Crippen molar-refractivity contribution in [1.82, 2.24) is 14.5 Å². The molecule has 0 atom stereocenters. The summed E-state index contributed by atoms with van der Waals surface area (Å²) in [5, 5.41) is 1.80. The van der Waals surface area contributed by atoms with Gasteiger partial charge in [0.15, 0.2) is 0 Å². The Morgan fingerprint density at radius 2 is 1.21 bits per heavy atom. The molecule has 0 unspecified atom stereocenters. The molecule has 2 aliphatic rings. The molecule has 0 N–H and O–H groups in total. The van der Waals surface area contributed by atoms with Gasteiger partial charge < -0.3 is 4.57 Å². The highest BCUT2D eigenvalue weighted by Gasteiger charge is 2.24. The fourth-order valence-corrected chi connectivity index (χ4v) is 5.91. The molecule has 4 rings (SSSR count). The van der Waals surface area contributed by atoms with E-state index in [4.69, 9.17) is 16.6 Å². The lowest BCUT2D eigenvalue weighted by Crippen LogP contribution is -2.10. The van der Waals surface area contributed by atoms with E-state index in [1.165, 1.54) is 115 Å². The summed E-state index contributed by atoms with van der Waals surface area (Å²) in [6.07, 6.45) is 27.1. The van der Waals surface area contributed by atoms with Crippen molar-refractivity contribution in [3.8, 4) is 0 Å². The van der Waals surface area contributed by atoms with Crippen LogP contribution in [0.3, 0.4) is 0 Å². The van der Waals surface area contributed by atoms with Gasteiger partial charge in [0, 0.05) is 12.2 Å². The summed E-state index contributed by atoms with van der Waals surface area (Å²) < 4.78 is 2.51. The third-order valence-electron chi connectivity index (χ3n) is 7.36. The largest absolute Gasteiger partial charge is 0.329 e. The second kappa shape index (κ2) is 10.8. The molecule has 2 aromatic rings. The molecule has 2 fully saturated rings. The third-order valence-corrected chi connectivity index (χ3v) is 7.64. The molecule has 2 aliphatic carbocycles. The van der Waals surface area contributed by atoms with Crippen molar-refractivity contribution in [3.05, 3.63) is 23.2 Å². The lowest BCUT2D eigenvalue weighted by Gasteiger charge is -2.21. The zero-order valence-corrected chi connectivity index (χ0v) is 18.8. The van der Waals surface area contributed by atoms with Crippen molar-refractivity contribution < 1.29 is 0 Å². The fraction of sp³-hybridized carbons (Fsp3) is 0.760. The van der Waals surface area contributed by atoms with Crippen LogP contribution in [0.4, 0.5) is 0 Å². The molecule has 0 spiro atoms. The Morgan fingerprint density at radius 3 is 1.79 bits per heavy atom. The van der Waals surface area contributed by atoms with Crippen molar-refractivity contribution in [2.75, 3.05) is 0 Å². The summed E-state index contributed by atoms with van der Waals surface area (Å²) in [6.45, 7) is 0. The predicted octanol–water partition coefficient (Wildman–Crippen LogP) is 8.37. The smallest absolute Gasteiger partial charge is 0.145 e. The molecule has 0 radical (unpaired) electrons. The van der Waals surface area contributed by atoms with E-state index in [0.29, 0.717) is 17.1 Å². The highest BCUT2D eigenvalue weighted by molar-refractivity contribution is 6.34. The van der Waals surface area contributed by atoms with E-state index < -0.39 is 0 Å². The molecule has 0 bridgehead atoms. The highest BCUT2D eigenvalue weighted by Crippen LogP contribution is 2.40. The molecule has 3 nitrogen and oxygen atoms in total. The molecule has 0 aromatic carbocycles. The van der Waals surface area contributed by atoms with Crippen LogP contribution in [-0.2, 0) is 0 Å². The first-order chi connectivity index (χ1) is 14.3. The molecule has 0 aliphatic heterocycles.